The number of thioether (sulfide) groups is 1. The van der Waals surface area contributed by atoms with Gasteiger partial charge in [-0.05, 0) is 12.2 Å². The number of carbonyl (C=O) groups is 1. The first kappa shape index (κ1) is 9.86. The summed E-state index contributed by atoms with van der Waals surface area (Å²) in [6.07, 6.45) is 1.62. The number of amides is 1. The van der Waals surface area contributed by atoms with Gasteiger partial charge in [-0.2, -0.15) is 11.8 Å². The smallest absolute Gasteiger partial charge is 0.223 e. The van der Waals surface area contributed by atoms with Crippen molar-refractivity contribution in [3.8, 4) is 0 Å². The molecule has 3 nitrogen and oxygen atoms in total. The minimum atomic E-state index is 0.185. The van der Waals surface area contributed by atoms with E-state index >= 15 is 0 Å². The molecule has 0 aromatic heterocycles. The van der Waals surface area contributed by atoms with Gasteiger partial charge in [0.15, 0.2) is 0 Å². The molecule has 1 aliphatic heterocycles. The lowest BCUT2D eigenvalue weighted by Crippen LogP contribution is -2.37. The van der Waals surface area contributed by atoms with Crippen molar-refractivity contribution >= 4 is 17.7 Å². The van der Waals surface area contributed by atoms with Crippen LogP contribution in [0.3, 0.4) is 0 Å². The SMILES string of the molecule is CN(C(=O)CCN)[C@@H]1CCSC1. The van der Waals surface area contributed by atoms with Gasteiger partial charge in [0.05, 0.1) is 0 Å². The zero-order valence-electron chi connectivity index (χ0n) is 7.45. The van der Waals surface area contributed by atoms with Crippen LogP contribution in [0, 0.1) is 0 Å². The Kier molecular flexibility index (Phi) is 3.88. The van der Waals surface area contributed by atoms with Gasteiger partial charge in [0, 0.05) is 31.8 Å². The molecule has 12 heavy (non-hydrogen) atoms. The highest BCUT2D eigenvalue weighted by Gasteiger charge is 2.22. The molecule has 0 saturated carbocycles. The molecular formula is C8H16N2OS. The van der Waals surface area contributed by atoms with Crippen molar-refractivity contribution in [2.24, 2.45) is 5.73 Å². The lowest BCUT2D eigenvalue weighted by molar-refractivity contribution is -0.131. The van der Waals surface area contributed by atoms with Crippen molar-refractivity contribution in [3.63, 3.8) is 0 Å². The normalized spacial score (nSPS) is 22.7. The Morgan fingerprint density at radius 3 is 3.00 bits per heavy atom. The Hall–Kier alpha value is -0.220. The predicted molar refractivity (Wildman–Crippen MR) is 52.2 cm³/mol. The number of rotatable bonds is 3. The number of hydrogen-bond acceptors (Lipinski definition) is 3. The highest BCUT2D eigenvalue weighted by Crippen LogP contribution is 2.21. The summed E-state index contributed by atoms with van der Waals surface area (Å²) in [7, 11) is 1.88. The van der Waals surface area contributed by atoms with E-state index < -0.39 is 0 Å². The van der Waals surface area contributed by atoms with Crippen molar-refractivity contribution in [1.29, 1.82) is 0 Å². The number of nitrogens with zero attached hydrogens (tertiary/aromatic N) is 1. The van der Waals surface area contributed by atoms with Gasteiger partial charge in [-0.3, -0.25) is 4.79 Å². The number of carbonyl (C=O) groups excluding carboxylic acids is 1. The van der Waals surface area contributed by atoms with Crippen molar-refractivity contribution in [2.75, 3.05) is 25.1 Å². The van der Waals surface area contributed by atoms with Crippen LogP contribution in [0.15, 0.2) is 0 Å². The molecule has 4 heteroatoms. The first-order valence-corrected chi connectivity index (χ1v) is 5.44. The lowest BCUT2D eigenvalue weighted by Gasteiger charge is -2.23. The van der Waals surface area contributed by atoms with E-state index in [9.17, 15) is 4.79 Å². The summed E-state index contributed by atoms with van der Waals surface area (Å²) in [5.41, 5.74) is 5.31. The third-order valence-electron chi connectivity index (χ3n) is 2.20. The van der Waals surface area contributed by atoms with Gasteiger partial charge in [0.1, 0.15) is 0 Å². The standard InChI is InChI=1S/C8H16N2OS/c1-10(8(11)2-4-9)7-3-5-12-6-7/h7H,2-6,9H2,1H3/t7-/m1/s1. The first-order chi connectivity index (χ1) is 5.75. The van der Waals surface area contributed by atoms with Gasteiger partial charge in [0.25, 0.3) is 0 Å². The molecule has 0 spiro atoms. The Morgan fingerprint density at radius 2 is 2.50 bits per heavy atom. The summed E-state index contributed by atoms with van der Waals surface area (Å²) in [5.74, 6) is 2.46. The summed E-state index contributed by atoms with van der Waals surface area (Å²) in [4.78, 5) is 13.2. The molecule has 1 amide bonds. The second kappa shape index (κ2) is 4.72. The van der Waals surface area contributed by atoms with Crippen LogP contribution in [0.4, 0.5) is 0 Å². The molecule has 1 aliphatic rings. The average Bonchev–Trinajstić information content (AvgIpc) is 2.55. The van der Waals surface area contributed by atoms with Gasteiger partial charge in [-0.1, -0.05) is 0 Å². The van der Waals surface area contributed by atoms with Crippen LogP contribution in [0.1, 0.15) is 12.8 Å². The van der Waals surface area contributed by atoms with Crippen molar-refractivity contribution in [2.45, 2.75) is 18.9 Å². The third-order valence-corrected chi connectivity index (χ3v) is 3.35. The van der Waals surface area contributed by atoms with E-state index in [2.05, 4.69) is 0 Å². The summed E-state index contributed by atoms with van der Waals surface area (Å²) in [6, 6.07) is 0.453. The van der Waals surface area contributed by atoms with E-state index in [1.54, 1.807) is 0 Å². The molecule has 1 heterocycles. The van der Waals surface area contributed by atoms with Gasteiger partial charge < -0.3 is 10.6 Å². The molecule has 2 N–H and O–H groups in total. The van der Waals surface area contributed by atoms with E-state index in [4.69, 9.17) is 5.73 Å². The van der Waals surface area contributed by atoms with Crippen molar-refractivity contribution in [1.82, 2.24) is 4.90 Å². The van der Waals surface area contributed by atoms with Gasteiger partial charge in [-0.15, -0.1) is 0 Å². The summed E-state index contributed by atoms with van der Waals surface area (Å²) < 4.78 is 0. The minimum absolute atomic E-state index is 0.185. The van der Waals surface area contributed by atoms with Crippen LogP contribution < -0.4 is 5.73 Å². The maximum atomic E-state index is 11.4. The van der Waals surface area contributed by atoms with E-state index in [0.717, 1.165) is 12.2 Å². The van der Waals surface area contributed by atoms with E-state index in [1.165, 1.54) is 5.75 Å². The molecule has 0 unspecified atom stereocenters. The van der Waals surface area contributed by atoms with E-state index in [-0.39, 0.29) is 5.91 Å². The minimum Gasteiger partial charge on any atom is -0.342 e. The van der Waals surface area contributed by atoms with Crippen LogP contribution >= 0.6 is 11.8 Å². The first-order valence-electron chi connectivity index (χ1n) is 4.29. The van der Waals surface area contributed by atoms with Gasteiger partial charge >= 0.3 is 0 Å². The fraction of sp³-hybridized carbons (Fsp3) is 0.875. The van der Waals surface area contributed by atoms with Gasteiger partial charge in [-0.25, -0.2) is 0 Å². The van der Waals surface area contributed by atoms with Crippen LogP contribution in [-0.4, -0.2) is 41.9 Å². The topological polar surface area (TPSA) is 46.3 Å². The van der Waals surface area contributed by atoms with Crippen molar-refractivity contribution in [3.05, 3.63) is 0 Å². The molecule has 0 aromatic carbocycles. The summed E-state index contributed by atoms with van der Waals surface area (Å²) >= 11 is 1.92. The van der Waals surface area contributed by atoms with Crippen LogP contribution in [0.5, 0.6) is 0 Å². The Labute approximate surface area is 77.7 Å². The fourth-order valence-corrected chi connectivity index (χ4v) is 2.60. The van der Waals surface area contributed by atoms with Crippen LogP contribution in [0.25, 0.3) is 0 Å². The second-order valence-corrected chi connectivity index (χ2v) is 4.21. The van der Waals surface area contributed by atoms with E-state index in [1.807, 2.05) is 23.7 Å². The zero-order valence-corrected chi connectivity index (χ0v) is 8.27. The summed E-state index contributed by atoms with van der Waals surface area (Å²) in [6.45, 7) is 0.461. The molecule has 0 bridgehead atoms. The monoisotopic (exact) mass is 188 g/mol. The number of nitrogens with two attached hydrogens (primary N) is 1. The quantitative estimate of drug-likeness (QED) is 0.693. The van der Waals surface area contributed by atoms with E-state index in [0.29, 0.717) is 19.0 Å². The number of hydrogen-bond donors (Lipinski definition) is 1. The molecule has 70 valence electrons. The Balaban J connectivity index is 2.34. The second-order valence-electron chi connectivity index (χ2n) is 3.06. The molecule has 1 fully saturated rings. The molecule has 0 aromatic rings. The third kappa shape index (κ3) is 2.38. The molecule has 1 rings (SSSR count). The molecular weight excluding hydrogens is 172 g/mol. The maximum absolute atomic E-state index is 11.4. The Bertz CT molecular complexity index is 157. The average molecular weight is 188 g/mol. The molecule has 1 saturated heterocycles. The highest BCUT2D eigenvalue weighted by molar-refractivity contribution is 7.99. The largest absolute Gasteiger partial charge is 0.342 e. The lowest BCUT2D eigenvalue weighted by atomic mass is 10.2. The van der Waals surface area contributed by atoms with Gasteiger partial charge in [0.2, 0.25) is 5.91 Å². The predicted octanol–water partition coefficient (Wildman–Crippen LogP) is 0.299. The van der Waals surface area contributed by atoms with Crippen molar-refractivity contribution < 1.29 is 4.79 Å². The summed E-state index contributed by atoms with van der Waals surface area (Å²) in [5, 5.41) is 0. The maximum Gasteiger partial charge on any atom is 0.223 e. The zero-order chi connectivity index (χ0) is 8.97. The molecule has 0 aliphatic carbocycles. The molecule has 0 radical (unpaired) electrons. The molecule has 1 atom stereocenters. The van der Waals surface area contributed by atoms with Crippen LogP contribution in [0.2, 0.25) is 0 Å². The fourth-order valence-electron chi connectivity index (χ4n) is 1.33. The highest BCUT2D eigenvalue weighted by atomic mass is 32.2. The van der Waals surface area contributed by atoms with Crippen LogP contribution in [-0.2, 0) is 4.79 Å². The Morgan fingerprint density at radius 1 is 1.75 bits per heavy atom.